The van der Waals surface area contributed by atoms with Gasteiger partial charge in [0.15, 0.2) is 0 Å². The van der Waals surface area contributed by atoms with Crippen molar-refractivity contribution >= 4 is 11.8 Å². The predicted octanol–water partition coefficient (Wildman–Crippen LogP) is 1.22. The quantitative estimate of drug-likeness (QED) is 0.679. The lowest BCUT2D eigenvalue weighted by atomic mass is 9.81. The number of carboxylic acid groups (broad SMARTS) is 1. The van der Waals surface area contributed by atoms with Crippen LogP contribution in [0.5, 0.6) is 0 Å². The van der Waals surface area contributed by atoms with Gasteiger partial charge in [0, 0.05) is 0 Å². The summed E-state index contributed by atoms with van der Waals surface area (Å²) in [5, 5.41) is 18.5. The zero-order valence-corrected chi connectivity index (χ0v) is 8.91. The number of hydrogen-bond donors (Lipinski definition) is 2. The number of carboxylic acids is 1. The van der Waals surface area contributed by atoms with E-state index in [0.717, 1.165) is 6.42 Å². The van der Waals surface area contributed by atoms with Gasteiger partial charge in [-0.25, -0.2) is 0 Å². The lowest BCUT2D eigenvalue weighted by molar-refractivity contribution is -0.146. The standard InChI is InChI=1S/C10H18O4/c1-4-5-10(3,14)8(7(2)11)6-9(12)13/h8,14H,4-6H2,1-3H3,(H,12,13). The molecule has 2 unspecified atom stereocenters. The number of aliphatic carboxylic acids is 1. The highest BCUT2D eigenvalue weighted by Gasteiger charge is 2.35. The number of carbonyl (C=O) groups is 2. The normalized spacial score (nSPS) is 17.1. The minimum absolute atomic E-state index is 0.272. The Labute approximate surface area is 83.9 Å². The van der Waals surface area contributed by atoms with Crippen molar-refractivity contribution in [2.75, 3.05) is 0 Å². The molecule has 0 amide bonds. The van der Waals surface area contributed by atoms with Gasteiger partial charge in [-0.1, -0.05) is 13.3 Å². The van der Waals surface area contributed by atoms with Crippen molar-refractivity contribution < 1.29 is 19.8 Å². The van der Waals surface area contributed by atoms with Crippen LogP contribution in [0.4, 0.5) is 0 Å². The SMILES string of the molecule is CCCC(C)(O)C(CC(=O)O)C(C)=O. The van der Waals surface area contributed by atoms with Crippen LogP contribution in [0.15, 0.2) is 0 Å². The lowest BCUT2D eigenvalue weighted by Gasteiger charge is -2.29. The van der Waals surface area contributed by atoms with Crippen LogP contribution < -0.4 is 0 Å². The minimum atomic E-state index is -1.21. The minimum Gasteiger partial charge on any atom is -0.481 e. The third-order valence-corrected chi connectivity index (χ3v) is 2.38. The van der Waals surface area contributed by atoms with Crippen molar-refractivity contribution in [3.63, 3.8) is 0 Å². The van der Waals surface area contributed by atoms with E-state index >= 15 is 0 Å². The topological polar surface area (TPSA) is 74.6 Å². The zero-order valence-electron chi connectivity index (χ0n) is 8.91. The Morgan fingerprint density at radius 2 is 1.93 bits per heavy atom. The average molecular weight is 202 g/mol. The molecule has 14 heavy (non-hydrogen) atoms. The Morgan fingerprint density at radius 3 is 2.21 bits per heavy atom. The van der Waals surface area contributed by atoms with Crippen LogP contribution in [0, 0.1) is 5.92 Å². The highest BCUT2D eigenvalue weighted by Crippen LogP contribution is 2.26. The first kappa shape index (κ1) is 13.1. The molecule has 0 aliphatic heterocycles. The summed E-state index contributed by atoms with van der Waals surface area (Å²) in [5.74, 6) is -2.13. The van der Waals surface area contributed by atoms with E-state index in [1.54, 1.807) is 0 Å². The molecule has 4 heteroatoms. The number of aliphatic hydroxyl groups is 1. The molecule has 0 rings (SSSR count). The zero-order chi connectivity index (χ0) is 11.4. The van der Waals surface area contributed by atoms with Gasteiger partial charge in [-0.2, -0.15) is 0 Å². The molecule has 0 aliphatic rings. The van der Waals surface area contributed by atoms with E-state index in [-0.39, 0.29) is 12.2 Å². The Hall–Kier alpha value is -0.900. The Bertz CT molecular complexity index is 220. The molecular weight excluding hydrogens is 184 g/mol. The van der Waals surface area contributed by atoms with E-state index in [1.165, 1.54) is 13.8 Å². The predicted molar refractivity (Wildman–Crippen MR) is 52.0 cm³/mol. The molecule has 0 fully saturated rings. The summed E-state index contributed by atoms with van der Waals surface area (Å²) in [6.45, 7) is 4.72. The molecule has 0 saturated heterocycles. The van der Waals surface area contributed by atoms with Crippen molar-refractivity contribution in [1.82, 2.24) is 0 Å². The average Bonchev–Trinajstić information content (AvgIpc) is 1.99. The molecule has 0 aromatic carbocycles. The molecule has 0 radical (unpaired) electrons. The molecule has 0 heterocycles. The summed E-state index contributed by atoms with van der Waals surface area (Å²) >= 11 is 0. The second-order valence-electron chi connectivity index (χ2n) is 3.87. The van der Waals surface area contributed by atoms with Gasteiger partial charge in [0.05, 0.1) is 17.9 Å². The molecule has 82 valence electrons. The highest BCUT2D eigenvalue weighted by molar-refractivity contribution is 5.84. The smallest absolute Gasteiger partial charge is 0.304 e. The van der Waals surface area contributed by atoms with Crippen LogP contribution in [0.25, 0.3) is 0 Å². The first-order valence-corrected chi connectivity index (χ1v) is 4.76. The molecule has 0 aliphatic carbocycles. The summed E-state index contributed by atoms with van der Waals surface area (Å²) in [7, 11) is 0. The number of rotatable bonds is 6. The molecule has 0 aromatic heterocycles. The van der Waals surface area contributed by atoms with Gasteiger partial charge in [0.1, 0.15) is 5.78 Å². The Kier molecular flexibility index (Phi) is 4.77. The third-order valence-electron chi connectivity index (χ3n) is 2.38. The van der Waals surface area contributed by atoms with Crippen molar-refractivity contribution in [1.29, 1.82) is 0 Å². The monoisotopic (exact) mass is 202 g/mol. The van der Waals surface area contributed by atoms with Gasteiger partial charge < -0.3 is 10.2 Å². The Morgan fingerprint density at radius 1 is 1.43 bits per heavy atom. The first-order chi connectivity index (χ1) is 6.31. The van der Waals surface area contributed by atoms with Crippen molar-refractivity contribution in [3.8, 4) is 0 Å². The summed E-state index contributed by atoms with van der Waals surface area (Å²) in [5.41, 5.74) is -1.21. The van der Waals surface area contributed by atoms with E-state index in [2.05, 4.69) is 0 Å². The molecule has 0 spiro atoms. The van der Waals surface area contributed by atoms with Gasteiger partial charge in [0.2, 0.25) is 0 Å². The molecule has 0 bridgehead atoms. The van der Waals surface area contributed by atoms with Crippen LogP contribution in [-0.4, -0.2) is 27.6 Å². The van der Waals surface area contributed by atoms with Crippen molar-refractivity contribution in [3.05, 3.63) is 0 Å². The largest absolute Gasteiger partial charge is 0.481 e. The van der Waals surface area contributed by atoms with Gasteiger partial charge >= 0.3 is 5.97 Å². The van der Waals surface area contributed by atoms with Crippen molar-refractivity contribution in [2.45, 2.75) is 45.6 Å². The second-order valence-corrected chi connectivity index (χ2v) is 3.87. The third kappa shape index (κ3) is 3.87. The summed E-state index contributed by atoms with van der Waals surface area (Å²) in [6.07, 6.45) is 0.850. The molecule has 2 N–H and O–H groups in total. The second kappa shape index (κ2) is 5.10. The van der Waals surface area contributed by atoms with E-state index in [0.29, 0.717) is 6.42 Å². The Balaban J connectivity index is 4.62. The fourth-order valence-electron chi connectivity index (χ4n) is 1.66. The maximum absolute atomic E-state index is 11.2. The molecular formula is C10H18O4. The molecule has 2 atom stereocenters. The van der Waals surface area contributed by atoms with Gasteiger partial charge in [-0.05, 0) is 20.3 Å². The van der Waals surface area contributed by atoms with E-state index in [1.807, 2.05) is 6.92 Å². The molecule has 0 aromatic rings. The summed E-state index contributed by atoms with van der Waals surface area (Å²) in [6, 6.07) is 0. The van der Waals surface area contributed by atoms with E-state index in [9.17, 15) is 14.7 Å². The fourth-order valence-corrected chi connectivity index (χ4v) is 1.66. The van der Waals surface area contributed by atoms with Crippen molar-refractivity contribution in [2.24, 2.45) is 5.92 Å². The van der Waals surface area contributed by atoms with Crippen LogP contribution in [0.1, 0.15) is 40.0 Å². The van der Waals surface area contributed by atoms with Crippen LogP contribution in [-0.2, 0) is 9.59 Å². The summed E-state index contributed by atoms with van der Waals surface area (Å²) < 4.78 is 0. The van der Waals surface area contributed by atoms with Gasteiger partial charge in [-0.3, -0.25) is 9.59 Å². The van der Waals surface area contributed by atoms with Crippen LogP contribution >= 0.6 is 0 Å². The fraction of sp³-hybridized carbons (Fsp3) is 0.800. The number of ketones is 1. The molecule has 4 nitrogen and oxygen atoms in total. The van der Waals surface area contributed by atoms with Crippen LogP contribution in [0.2, 0.25) is 0 Å². The van der Waals surface area contributed by atoms with Gasteiger partial charge in [0.25, 0.3) is 0 Å². The lowest BCUT2D eigenvalue weighted by Crippen LogP contribution is -2.40. The number of Topliss-reactive ketones (excluding diaryl/α,β-unsaturated/α-hetero) is 1. The number of hydrogen-bond acceptors (Lipinski definition) is 3. The summed E-state index contributed by atoms with van der Waals surface area (Å²) in [4.78, 5) is 21.7. The molecule has 0 saturated carbocycles. The number of carbonyl (C=O) groups excluding carboxylic acids is 1. The maximum Gasteiger partial charge on any atom is 0.304 e. The maximum atomic E-state index is 11.2. The van der Waals surface area contributed by atoms with E-state index in [4.69, 9.17) is 5.11 Å². The van der Waals surface area contributed by atoms with E-state index < -0.39 is 17.5 Å². The van der Waals surface area contributed by atoms with Gasteiger partial charge in [-0.15, -0.1) is 0 Å². The highest BCUT2D eigenvalue weighted by atomic mass is 16.4. The van der Waals surface area contributed by atoms with Crippen LogP contribution in [0.3, 0.4) is 0 Å². The first-order valence-electron chi connectivity index (χ1n) is 4.76.